The molecule has 0 aliphatic carbocycles. The number of furan rings is 1. The zero-order valence-corrected chi connectivity index (χ0v) is 20.1. The molecule has 0 aliphatic rings. The van der Waals surface area contributed by atoms with Gasteiger partial charge in [0, 0.05) is 47.9 Å². The molecule has 0 aliphatic heterocycles. The van der Waals surface area contributed by atoms with Crippen molar-refractivity contribution >= 4 is 22.4 Å². The number of hydrogen-bond donors (Lipinski definition) is 1. The van der Waals surface area contributed by atoms with Crippen molar-refractivity contribution in [2.45, 2.75) is 34.1 Å². The molecule has 0 bridgehead atoms. The molecule has 2 aromatic carbocycles. The third-order valence-corrected chi connectivity index (χ3v) is 5.45. The van der Waals surface area contributed by atoms with Gasteiger partial charge in [0.15, 0.2) is 0 Å². The lowest BCUT2D eigenvalue weighted by atomic mass is 9.96. The van der Waals surface area contributed by atoms with Crippen LogP contribution in [0.3, 0.4) is 0 Å². The number of nitrogens with one attached hydrogen (secondary N) is 1. The minimum Gasteiger partial charge on any atom is -0.497 e. The molecule has 0 spiro atoms. The zero-order valence-electron chi connectivity index (χ0n) is 20.1. The molecule has 0 saturated carbocycles. The summed E-state index contributed by atoms with van der Waals surface area (Å²) in [5, 5.41) is 3.88. The Morgan fingerprint density at radius 3 is 2.73 bits per heavy atom. The van der Waals surface area contributed by atoms with Crippen molar-refractivity contribution in [2.75, 3.05) is 33.5 Å². The molecule has 1 N–H and O–H groups in total. The number of benzene rings is 2. The first kappa shape index (κ1) is 24.4. The molecule has 0 unspecified atom stereocenters. The molecule has 176 valence electrons. The van der Waals surface area contributed by atoms with Crippen molar-refractivity contribution in [3.05, 3.63) is 53.8 Å². The summed E-state index contributed by atoms with van der Waals surface area (Å²) in [5.74, 6) is 1.38. The number of amides is 1. The number of rotatable bonds is 11. The lowest BCUT2D eigenvalue weighted by Crippen LogP contribution is -2.23. The minimum atomic E-state index is -0.135. The van der Waals surface area contributed by atoms with E-state index in [0.29, 0.717) is 26.4 Å². The summed E-state index contributed by atoms with van der Waals surface area (Å²) >= 11 is 0. The molecule has 1 amide bonds. The van der Waals surface area contributed by atoms with E-state index in [9.17, 15) is 4.79 Å². The number of methoxy groups -OCH3 is 1. The summed E-state index contributed by atoms with van der Waals surface area (Å²) in [6.45, 7) is 10.2. The first-order chi connectivity index (χ1) is 16.0. The van der Waals surface area contributed by atoms with Crippen LogP contribution in [-0.2, 0) is 9.53 Å². The molecule has 3 rings (SSSR count). The van der Waals surface area contributed by atoms with Crippen LogP contribution in [0.15, 0.2) is 47.1 Å². The SMILES string of the molecule is CCOCCCNC(=O)/C=C(\C)c1cc2c(-c3cccc(OC)c3)coc2c(C)c1OCC. The maximum atomic E-state index is 12.5. The fourth-order valence-corrected chi connectivity index (χ4v) is 3.81. The summed E-state index contributed by atoms with van der Waals surface area (Å²) < 4.78 is 22.7. The fourth-order valence-electron chi connectivity index (χ4n) is 3.81. The van der Waals surface area contributed by atoms with Crippen LogP contribution in [0.2, 0.25) is 0 Å². The molecular weight excluding hydrogens is 418 g/mol. The van der Waals surface area contributed by atoms with Gasteiger partial charge in [-0.3, -0.25) is 4.79 Å². The van der Waals surface area contributed by atoms with Gasteiger partial charge in [-0.2, -0.15) is 0 Å². The van der Waals surface area contributed by atoms with E-state index in [-0.39, 0.29) is 5.91 Å². The Kier molecular flexibility index (Phi) is 8.55. The molecule has 1 aromatic heterocycles. The molecule has 0 fully saturated rings. The molecule has 6 nitrogen and oxygen atoms in total. The van der Waals surface area contributed by atoms with Crippen molar-refractivity contribution in [2.24, 2.45) is 0 Å². The van der Waals surface area contributed by atoms with Gasteiger partial charge < -0.3 is 23.9 Å². The van der Waals surface area contributed by atoms with Crippen molar-refractivity contribution in [1.82, 2.24) is 5.32 Å². The monoisotopic (exact) mass is 451 g/mol. The Morgan fingerprint density at radius 2 is 2.00 bits per heavy atom. The largest absolute Gasteiger partial charge is 0.497 e. The van der Waals surface area contributed by atoms with Gasteiger partial charge in [-0.1, -0.05) is 12.1 Å². The fraction of sp³-hybridized carbons (Fsp3) is 0.370. The lowest BCUT2D eigenvalue weighted by molar-refractivity contribution is -0.116. The van der Waals surface area contributed by atoms with E-state index < -0.39 is 0 Å². The van der Waals surface area contributed by atoms with E-state index in [1.807, 2.05) is 58.0 Å². The van der Waals surface area contributed by atoms with Crippen LogP contribution in [0.4, 0.5) is 0 Å². The highest BCUT2D eigenvalue weighted by atomic mass is 16.5. The van der Waals surface area contributed by atoms with Gasteiger partial charge in [-0.05, 0) is 63.5 Å². The third-order valence-electron chi connectivity index (χ3n) is 5.45. The van der Waals surface area contributed by atoms with Gasteiger partial charge in [-0.25, -0.2) is 0 Å². The molecule has 6 heteroatoms. The number of fused-ring (bicyclic) bond motifs is 1. The van der Waals surface area contributed by atoms with Crippen molar-refractivity contribution in [3.63, 3.8) is 0 Å². The summed E-state index contributed by atoms with van der Waals surface area (Å²) in [6.07, 6.45) is 4.16. The summed E-state index contributed by atoms with van der Waals surface area (Å²) in [4.78, 5) is 12.5. The topological polar surface area (TPSA) is 69.9 Å². The Balaban J connectivity index is 1.99. The number of carbonyl (C=O) groups excluding carboxylic acids is 1. The van der Waals surface area contributed by atoms with Gasteiger partial charge in [-0.15, -0.1) is 0 Å². The molecular formula is C27H33NO5. The number of allylic oxidation sites excluding steroid dienone is 1. The van der Waals surface area contributed by atoms with Crippen LogP contribution in [0.5, 0.6) is 11.5 Å². The van der Waals surface area contributed by atoms with Crippen molar-refractivity contribution in [3.8, 4) is 22.6 Å². The molecule has 1 heterocycles. The second-order valence-corrected chi connectivity index (χ2v) is 7.74. The lowest BCUT2D eigenvalue weighted by Gasteiger charge is -2.15. The van der Waals surface area contributed by atoms with Crippen LogP contribution in [0.1, 0.15) is 38.3 Å². The quantitative estimate of drug-likeness (QED) is 0.296. The van der Waals surface area contributed by atoms with Gasteiger partial charge in [0.2, 0.25) is 5.91 Å². The highest BCUT2D eigenvalue weighted by Crippen LogP contribution is 2.41. The first-order valence-corrected chi connectivity index (χ1v) is 11.4. The highest BCUT2D eigenvalue weighted by molar-refractivity contribution is 6.01. The standard InChI is InChI=1S/C27H33NO5/c1-6-31-13-9-12-28-25(29)14-18(3)22-16-23-24(20-10-8-11-21(15-20)30-5)17-33-27(23)19(4)26(22)32-7-2/h8,10-11,14-17H,6-7,9,12-13H2,1-5H3,(H,28,29)/b18-14+. The second kappa shape index (κ2) is 11.6. The first-order valence-electron chi connectivity index (χ1n) is 11.4. The van der Waals surface area contributed by atoms with Crippen molar-refractivity contribution in [1.29, 1.82) is 0 Å². The van der Waals surface area contributed by atoms with E-state index in [4.69, 9.17) is 18.6 Å². The third kappa shape index (κ3) is 5.76. The van der Waals surface area contributed by atoms with Crippen LogP contribution >= 0.6 is 0 Å². The molecule has 0 radical (unpaired) electrons. The Bertz CT molecular complexity index is 1130. The van der Waals surface area contributed by atoms with E-state index >= 15 is 0 Å². The smallest absolute Gasteiger partial charge is 0.244 e. The second-order valence-electron chi connectivity index (χ2n) is 7.74. The maximum absolute atomic E-state index is 12.5. The van der Waals surface area contributed by atoms with Crippen LogP contribution in [0, 0.1) is 6.92 Å². The average molecular weight is 452 g/mol. The van der Waals surface area contributed by atoms with Crippen LogP contribution < -0.4 is 14.8 Å². The number of aryl methyl sites for hydroxylation is 1. The summed E-state index contributed by atoms with van der Waals surface area (Å²) in [5.41, 5.74) is 5.33. The van der Waals surface area contributed by atoms with E-state index in [2.05, 4.69) is 5.32 Å². The van der Waals surface area contributed by atoms with E-state index in [0.717, 1.165) is 56.7 Å². The Hall–Kier alpha value is -3.25. The predicted molar refractivity (Wildman–Crippen MR) is 132 cm³/mol. The van der Waals surface area contributed by atoms with E-state index in [1.165, 1.54) is 0 Å². The highest BCUT2D eigenvalue weighted by Gasteiger charge is 2.19. The molecule has 0 atom stereocenters. The summed E-state index contributed by atoms with van der Waals surface area (Å²) in [6, 6.07) is 9.91. The van der Waals surface area contributed by atoms with E-state index in [1.54, 1.807) is 19.4 Å². The number of carbonyl (C=O) groups is 1. The number of hydrogen-bond acceptors (Lipinski definition) is 5. The Morgan fingerprint density at radius 1 is 1.18 bits per heavy atom. The molecule has 3 aromatic rings. The van der Waals surface area contributed by atoms with Crippen LogP contribution in [0.25, 0.3) is 27.7 Å². The normalized spacial score (nSPS) is 11.6. The van der Waals surface area contributed by atoms with Gasteiger partial charge >= 0.3 is 0 Å². The van der Waals surface area contributed by atoms with Crippen LogP contribution in [-0.4, -0.2) is 39.4 Å². The van der Waals surface area contributed by atoms with Gasteiger partial charge in [0.05, 0.1) is 20.0 Å². The predicted octanol–water partition coefficient (Wildman–Crippen LogP) is 5.76. The van der Waals surface area contributed by atoms with Crippen molar-refractivity contribution < 1.29 is 23.4 Å². The minimum absolute atomic E-state index is 0.135. The maximum Gasteiger partial charge on any atom is 0.244 e. The molecule has 0 saturated heterocycles. The Labute approximate surface area is 195 Å². The van der Waals surface area contributed by atoms with Gasteiger partial charge in [0.25, 0.3) is 0 Å². The number of ether oxygens (including phenoxy) is 3. The van der Waals surface area contributed by atoms with Gasteiger partial charge in [0.1, 0.15) is 17.1 Å². The zero-order chi connectivity index (χ0) is 23.8. The average Bonchev–Trinajstić information content (AvgIpc) is 3.25. The molecule has 33 heavy (non-hydrogen) atoms. The summed E-state index contributed by atoms with van der Waals surface area (Å²) in [7, 11) is 1.65.